The molecule has 7 heteroatoms. The van der Waals surface area contributed by atoms with Crippen molar-refractivity contribution < 1.29 is 27.5 Å². The molecule has 2 aromatic rings. The zero-order chi connectivity index (χ0) is 14.2. The Morgan fingerprint density at radius 3 is 2.42 bits per heavy atom. The zero-order valence-electron chi connectivity index (χ0n) is 9.16. The summed E-state index contributed by atoms with van der Waals surface area (Å²) in [6.07, 6.45) is -4.50. The van der Waals surface area contributed by atoms with Gasteiger partial charge in [-0.1, -0.05) is 22.0 Å². The van der Waals surface area contributed by atoms with Crippen LogP contribution in [0.15, 0.2) is 39.2 Å². The van der Waals surface area contributed by atoms with Crippen LogP contribution < -0.4 is 0 Å². The molecule has 0 saturated heterocycles. The molecule has 1 aromatic heterocycles. The number of alkyl halides is 3. The first-order valence-corrected chi connectivity index (χ1v) is 5.78. The Morgan fingerprint density at radius 1 is 1.21 bits per heavy atom. The molecule has 0 fully saturated rings. The number of furan rings is 1. The third kappa shape index (κ3) is 2.81. The van der Waals surface area contributed by atoms with Gasteiger partial charge in [0.15, 0.2) is 0 Å². The maximum atomic E-state index is 12.7. The van der Waals surface area contributed by atoms with Crippen molar-refractivity contribution in [3.63, 3.8) is 0 Å². The molecule has 1 aromatic carbocycles. The molecule has 0 unspecified atom stereocenters. The Labute approximate surface area is 113 Å². The Morgan fingerprint density at radius 2 is 1.89 bits per heavy atom. The van der Waals surface area contributed by atoms with E-state index < -0.39 is 17.7 Å². The average Bonchev–Trinajstić information content (AvgIpc) is 2.77. The highest BCUT2D eigenvalue weighted by Crippen LogP contribution is 2.37. The van der Waals surface area contributed by atoms with E-state index in [0.717, 1.165) is 6.07 Å². The summed E-state index contributed by atoms with van der Waals surface area (Å²) in [5, 5.41) is 8.69. The lowest BCUT2D eigenvalue weighted by Crippen LogP contribution is -2.06. The Hall–Kier alpha value is -1.76. The lowest BCUT2D eigenvalue weighted by atomic mass is 10.1. The van der Waals surface area contributed by atoms with Gasteiger partial charge in [-0.25, -0.2) is 4.79 Å². The van der Waals surface area contributed by atoms with Crippen LogP contribution >= 0.6 is 15.9 Å². The predicted octanol–water partition coefficient (Wildman–Crippen LogP) is 4.43. The average molecular weight is 335 g/mol. The van der Waals surface area contributed by atoms with Crippen LogP contribution in [0.1, 0.15) is 16.1 Å². The quantitative estimate of drug-likeness (QED) is 0.884. The van der Waals surface area contributed by atoms with Crippen molar-refractivity contribution in [2.45, 2.75) is 6.18 Å². The number of carboxylic acid groups (broad SMARTS) is 1. The van der Waals surface area contributed by atoms with Crippen LogP contribution in [-0.2, 0) is 6.18 Å². The van der Waals surface area contributed by atoms with E-state index in [-0.39, 0.29) is 21.6 Å². The van der Waals surface area contributed by atoms with Crippen LogP contribution in [0.2, 0.25) is 0 Å². The highest BCUT2D eigenvalue weighted by Gasteiger charge is 2.33. The smallest absolute Gasteiger partial charge is 0.417 e. The third-order valence-electron chi connectivity index (χ3n) is 2.37. The molecule has 3 nitrogen and oxygen atoms in total. The fourth-order valence-corrected chi connectivity index (χ4v) is 1.98. The molecule has 0 spiro atoms. The molecular weight excluding hydrogens is 329 g/mol. The number of benzene rings is 1. The van der Waals surface area contributed by atoms with E-state index in [9.17, 15) is 18.0 Å². The second-order valence-corrected chi connectivity index (χ2v) is 4.52. The van der Waals surface area contributed by atoms with Gasteiger partial charge in [0, 0.05) is 10.0 Å². The molecule has 1 N–H and O–H groups in total. The van der Waals surface area contributed by atoms with Gasteiger partial charge in [0.2, 0.25) is 5.76 Å². The number of aromatic carboxylic acids is 1. The first-order valence-electron chi connectivity index (χ1n) is 4.99. The van der Waals surface area contributed by atoms with Gasteiger partial charge in [-0.3, -0.25) is 0 Å². The summed E-state index contributed by atoms with van der Waals surface area (Å²) in [6, 6.07) is 6.04. The topological polar surface area (TPSA) is 50.4 Å². The summed E-state index contributed by atoms with van der Waals surface area (Å²) in [6.45, 7) is 0. The molecule has 0 aliphatic heterocycles. The number of halogens is 4. The molecule has 19 heavy (non-hydrogen) atoms. The van der Waals surface area contributed by atoms with Crippen molar-refractivity contribution in [3.05, 3.63) is 46.1 Å². The number of carboxylic acids is 1. The molecule has 0 bridgehead atoms. The second kappa shape index (κ2) is 4.73. The van der Waals surface area contributed by atoms with Gasteiger partial charge in [0.1, 0.15) is 5.76 Å². The second-order valence-electron chi connectivity index (χ2n) is 3.66. The summed E-state index contributed by atoms with van der Waals surface area (Å²) in [7, 11) is 0. The van der Waals surface area contributed by atoms with Gasteiger partial charge in [-0.05, 0) is 24.3 Å². The monoisotopic (exact) mass is 334 g/mol. The van der Waals surface area contributed by atoms with Crippen LogP contribution in [0.3, 0.4) is 0 Å². The highest BCUT2D eigenvalue weighted by atomic mass is 79.9. The maximum Gasteiger partial charge on any atom is 0.417 e. The standard InChI is InChI=1S/C12H6BrF3O3/c13-8-2-1-6(5-7(8)12(14,15)16)9-3-4-10(19-9)11(17)18/h1-5H,(H,17,18). The lowest BCUT2D eigenvalue weighted by molar-refractivity contribution is -0.138. The molecule has 0 aliphatic carbocycles. The van der Waals surface area contributed by atoms with E-state index in [1.807, 2.05) is 0 Å². The minimum Gasteiger partial charge on any atom is -0.475 e. The molecule has 0 atom stereocenters. The van der Waals surface area contributed by atoms with Gasteiger partial charge in [-0.15, -0.1) is 0 Å². The predicted molar refractivity (Wildman–Crippen MR) is 63.8 cm³/mol. The van der Waals surface area contributed by atoms with Crippen LogP contribution in [0.4, 0.5) is 13.2 Å². The fourth-order valence-electron chi connectivity index (χ4n) is 1.50. The van der Waals surface area contributed by atoms with Gasteiger partial charge in [0.25, 0.3) is 0 Å². The van der Waals surface area contributed by atoms with E-state index >= 15 is 0 Å². The minimum atomic E-state index is -4.50. The van der Waals surface area contributed by atoms with Crippen molar-refractivity contribution in [1.29, 1.82) is 0 Å². The van der Waals surface area contributed by atoms with Crippen molar-refractivity contribution in [2.75, 3.05) is 0 Å². The zero-order valence-corrected chi connectivity index (χ0v) is 10.7. The summed E-state index contributed by atoms with van der Waals surface area (Å²) < 4.78 is 43.0. The van der Waals surface area contributed by atoms with Crippen LogP contribution in [-0.4, -0.2) is 11.1 Å². The van der Waals surface area contributed by atoms with Gasteiger partial charge < -0.3 is 9.52 Å². The normalized spacial score (nSPS) is 11.6. The third-order valence-corrected chi connectivity index (χ3v) is 3.06. The summed E-state index contributed by atoms with van der Waals surface area (Å²) >= 11 is 2.82. The first kappa shape index (κ1) is 13.7. The largest absolute Gasteiger partial charge is 0.475 e. The molecule has 0 saturated carbocycles. The molecule has 0 amide bonds. The first-order chi connectivity index (χ1) is 8.79. The minimum absolute atomic E-state index is 0.0652. The summed E-state index contributed by atoms with van der Waals surface area (Å²) in [5.41, 5.74) is -0.693. The molecule has 2 rings (SSSR count). The number of hydrogen-bond donors (Lipinski definition) is 1. The van der Waals surface area contributed by atoms with E-state index in [4.69, 9.17) is 9.52 Å². The number of rotatable bonds is 2. The Kier molecular flexibility index (Phi) is 3.40. The highest BCUT2D eigenvalue weighted by molar-refractivity contribution is 9.10. The molecule has 0 aliphatic rings. The van der Waals surface area contributed by atoms with Crippen molar-refractivity contribution in [1.82, 2.24) is 0 Å². The maximum absolute atomic E-state index is 12.7. The number of carbonyl (C=O) groups is 1. The molecular formula is C12H6BrF3O3. The summed E-state index contributed by atoms with van der Waals surface area (Å²) in [5.74, 6) is -1.54. The number of hydrogen-bond acceptors (Lipinski definition) is 2. The van der Waals surface area contributed by atoms with Crippen molar-refractivity contribution in [3.8, 4) is 11.3 Å². The Bertz CT molecular complexity index is 631. The fraction of sp³-hybridized carbons (Fsp3) is 0.0833. The van der Waals surface area contributed by atoms with Crippen molar-refractivity contribution in [2.24, 2.45) is 0 Å². The van der Waals surface area contributed by atoms with E-state index in [2.05, 4.69) is 15.9 Å². The van der Waals surface area contributed by atoms with Gasteiger partial charge in [0.05, 0.1) is 5.56 Å². The Balaban J connectivity index is 2.48. The molecule has 0 radical (unpaired) electrons. The molecule has 1 heterocycles. The van der Waals surface area contributed by atoms with Crippen LogP contribution in [0, 0.1) is 0 Å². The van der Waals surface area contributed by atoms with Crippen LogP contribution in [0.5, 0.6) is 0 Å². The SMILES string of the molecule is O=C(O)c1ccc(-c2ccc(Br)c(C(F)(F)F)c2)o1. The van der Waals surface area contributed by atoms with E-state index in [1.54, 1.807) is 0 Å². The van der Waals surface area contributed by atoms with Crippen molar-refractivity contribution >= 4 is 21.9 Å². The lowest BCUT2D eigenvalue weighted by Gasteiger charge is -2.10. The molecule has 100 valence electrons. The van der Waals surface area contributed by atoms with Crippen LogP contribution in [0.25, 0.3) is 11.3 Å². The van der Waals surface area contributed by atoms with Gasteiger partial charge >= 0.3 is 12.1 Å². The summed E-state index contributed by atoms with van der Waals surface area (Å²) in [4.78, 5) is 10.6. The van der Waals surface area contributed by atoms with E-state index in [1.165, 1.54) is 24.3 Å². The van der Waals surface area contributed by atoms with Gasteiger partial charge in [-0.2, -0.15) is 13.2 Å². The van der Waals surface area contributed by atoms with E-state index in [0.29, 0.717) is 0 Å².